The van der Waals surface area contributed by atoms with Crippen molar-refractivity contribution in [1.82, 2.24) is 14.9 Å². The van der Waals surface area contributed by atoms with E-state index >= 15 is 0 Å². The zero-order valence-electron chi connectivity index (χ0n) is 13.6. The van der Waals surface area contributed by atoms with Crippen LogP contribution in [0.4, 0.5) is 0 Å². The van der Waals surface area contributed by atoms with Gasteiger partial charge in [0.2, 0.25) is 5.88 Å². The number of rotatable bonds is 9. The van der Waals surface area contributed by atoms with Crippen LogP contribution < -0.4 is 4.74 Å². The highest BCUT2D eigenvalue weighted by Crippen LogP contribution is 2.14. The summed E-state index contributed by atoms with van der Waals surface area (Å²) in [6.07, 6.45) is 0. The fraction of sp³-hybridized carbons (Fsp3) is 0.733. The highest BCUT2D eigenvalue weighted by Gasteiger charge is 2.13. The van der Waals surface area contributed by atoms with E-state index in [2.05, 4.69) is 42.6 Å². The molecular weight excluding hydrogens is 290 g/mol. The number of nitrogens with zero attached hydrogens (tertiary/aromatic N) is 3. The zero-order chi connectivity index (χ0) is 15.8. The fourth-order valence-corrected chi connectivity index (χ4v) is 2.33. The molecule has 0 spiro atoms. The number of ether oxygens (including phenoxy) is 2. The van der Waals surface area contributed by atoms with Crippen LogP contribution in [0.1, 0.15) is 40.4 Å². The van der Waals surface area contributed by atoms with Gasteiger partial charge in [-0.05, 0) is 34.6 Å². The van der Waals surface area contributed by atoms with Gasteiger partial charge in [-0.2, -0.15) is 4.98 Å². The van der Waals surface area contributed by atoms with Crippen molar-refractivity contribution in [2.75, 3.05) is 19.8 Å². The second-order valence-corrected chi connectivity index (χ2v) is 5.74. The number of hydrogen-bond donors (Lipinski definition) is 0. The third-order valence-electron chi connectivity index (χ3n) is 3.08. The van der Waals surface area contributed by atoms with Crippen LogP contribution in [0.25, 0.3) is 0 Å². The van der Waals surface area contributed by atoms with Crippen LogP contribution in [0, 0.1) is 0 Å². The first-order valence-corrected chi connectivity index (χ1v) is 7.81. The topological polar surface area (TPSA) is 47.5 Å². The molecule has 0 N–H and O–H groups in total. The second kappa shape index (κ2) is 9.18. The van der Waals surface area contributed by atoms with E-state index in [4.69, 9.17) is 21.1 Å². The van der Waals surface area contributed by atoms with Crippen LogP contribution in [0.2, 0.25) is 5.15 Å². The molecule has 0 unspecified atom stereocenters. The summed E-state index contributed by atoms with van der Waals surface area (Å²) in [5, 5.41) is 0.374. The van der Waals surface area contributed by atoms with Crippen molar-refractivity contribution >= 4 is 11.6 Å². The summed E-state index contributed by atoms with van der Waals surface area (Å²) in [6.45, 7) is 13.0. The minimum absolute atomic E-state index is 0.345. The summed E-state index contributed by atoms with van der Waals surface area (Å²) in [4.78, 5) is 10.8. The summed E-state index contributed by atoms with van der Waals surface area (Å²) in [5.74, 6) is 1.04. The van der Waals surface area contributed by atoms with Crippen molar-refractivity contribution in [2.24, 2.45) is 0 Å². The molecule has 0 saturated carbocycles. The summed E-state index contributed by atoms with van der Waals surface area (Å²) >= 11 is 5.97. The molecule has 0 amide bonds. The van der Waals surface area contributed by atoms with Crippen molar-refractivity contribution in [3.8, 4) is 5.88 Å². The van der Waals surface area contributed by atoms with Crippen molar-refractivity contribution < 1.29 is 9.47 Å². The third kappa shape index (κ3) is 6.59. The Balaban J connectivity index is 2.56. The van der Waals surface area contributed by atoms with Crippen LogP contribution in [0.5, 0.6) is 5.88 Å². The predicted octanol–water partition coefficient (Wildman–Crippen LogP) is 3.16. The van der Waals surface area contributed by atoms with Crippen molar-refractivity contribution in [3.05, 3.63) is 17.0 Å². The smallest absolute Gasteiger partial charge is 0.218 e. The Morgan fingerprint density at radius 1 is 1.19 bits per heavy atom. The van der Waals surface area contributed by atoms with Gasteiger partial charge in [0, 0.05) is 31.3 Å². The molecule has 0 aliphatic heterocycles. The maximum absolute atomic E-state index is 5.97. The average molecular weight is 316 g/mol. The van der Waals surface area contributed by atoms with Crippen LogP contribution in [0.3, 0.4) is 0 Å². The van der Waals surface area contributed by atoms with Crippen molar-refractivity contribution in [1.29, 1.82) is 0 Å². The lowest BCUT2D eigenvalue weighted by molar-refractivity contribution is 0.125. The molecule has 0 atom stereocenters. The number of halogens is 1. The van der Waals surface area contributed by atoms with E-state index in [-0.39, 0.29) is 0 Å². The van der Waals surface area contributed by atoms with E-state index in [0.29, 0.717) is 48.8 Å². The molecular formula is C15H26ClN3O2. The van der Waals surface area contributed by atoms with E-state index in [1.807, 2.05) is 6.92 Å². The monoisotopic (exact) mass is 315 g/mol. The Bertz CT molecular complexity index is 419. The summed E-state index contributed by atoms with van der Waals surface area (Å²) in [5.41, 5.74) is 0. The lowest BCUT2D eigenvalue weighted by Crippen LogP contribution is -2.39. The summed E-state index contributed by atoms with van der Waals surface area (Å²) < 4.78 is 11.0. The van der Waals surface area contributed by atoms with Gasteiger partial charge in [0.05, 0.1) is 0 Å². The number of aromatic nitrogens is 2. The van der Waals surface area contributed by atoms with Gasteiger partial charge in [0.15, 0.2) is 5.82 Å². The molecule has 1 aromatic heterocycles. The van der Waals surface area contributed by atoms with Crippen molar-refractivity contribution in [2.45, 2.75) is 53.3 Å². The predicted molar refractivity (Wildman–Crippen MR) is 84.8 cm³/mol. The Hall–Kier alpha value is -0.910. The van der Waals surface area contributed by atoms with Crippen molar-refractivity contribution in [3.63, 3.8) is 0 Å². The first-order chi connectivity index (χ1) is 9.93. The van der Waals surface area contributed by atoms with Crippen LogP contribution in [0.15, 0.2) is 6.07 Å². The van der Waals surface area contributed by atoms with Gasteiger partial charge in [-0.25, -0.2) is 4.98 Å². The largest absolute Gasteiger partial charge is 0.476 e. The molecule has 21 heavy (non-hydrogen) atoms. The van der Waals surface area contributed by atoms with E-state index in [9.17, 15) is 0 Å². The average Bonchev–Trinajstić information content (AvgIpc) is 2.40. The van der Waals surface area contributed by atoms with E-state index in [1.54, 1.807) is 6.07 Å². The highest BCUT2D eigenvalue weighted by atomic mass is 35.5. The molecule has 5 nitrogen and oxygen atoms in total. The van der Waals surface area contributed by atoms with Gasteiger partial charge in [-0.3, -0.25) is 4.90 Å². The minimum Gasteiger partial charge on any atom is -0.476 e. The van der Waals surface area contributed by atoms with Crippen LogP contribution in [-0.2, 0) is 11.3 Å². The van der Waals surface area contributed by atoms with Gasteiger partial charge in [0.1, 0.15) is 18.4 Å². The fourth-order valence-electron chi connectivity index (χ4n) is 2.14. The van der Waals surface area contributed by atoms with Gasteiger partial charge in [-0.15, -0.1) is 0 Å². The normalized spacial score (nSPS) is 11.7. The van der Waals surface area contributed by atoms with E-state index in [0.717, 1.165) is 6.54 Å². The SMILES string of the molecule is CCOCc1nc(Cl)cc(OCCN(C(C)C)C(C)C)n1. The zero-order valence-corrected chi connectivity index (χ0v) is 14.4. The molecule has 0 radical (unpaired) electrons. The maximum atomic E-state index is 5.97. The molecule has 0 fully saturated rings. The molecule has 0 aromatic carbocycles. The van der Waals surface area contributed by atoms with Gasteiger partial charge in [0.25, 0.3) is 0 Å². The summed E-state index contributed by atoms with van der Waals surface area (Å²) in [6, 6.07) is 2.60. The Labute approximate surface area is 132 Å². The Kier molecular flexibility index (Phi) is 7.93. The quantitative estimate of drug-likeness (QED) is 0.655. The van der Waals surface area contributed by atoms with Crippen LogP contribution in [-0.4, -0.2) is 46.7 Å². The first-order valence-electron chi connectivity index (χ1n) is 7.43. The molecule has 0 saturated heterocycles. The standard InChI is InChI=1S/C15H26ClN3O2/c1-6-20-10-14-17-13(16)9-15(18-14)21-8-7-19(11(2)3)12(4)5/h9,11-12H,6-8,10H2,1-5H3. The first kappa shape index (κ1) is 18.1. The Morgan fingerprint density at radius 2 is 1.86 bits per heavy atom. The van der Waals surface area contributed by atoms with Gasteiger partial charge in [-0.1, -0.05) is 11.6 Å². The molecule has 0 aliphatic rings. The molecule has 120 valence electrons. The van der Waals surface area contributed by atoms with E-state index < -0.39 is 0 Å². The lowest BCUT2D eigenvalue weighted by Gasteiger charge is -2.30. The maximum Gasteiger partial charge on any atom is 0.218 e. The molecule has 0 aliphatic carbocycles. The lowest BCUT2D eigenvalue weighted by atomic mass is 10.2. The minimum atomic E-state index is 0.345. The van der Waals surface area contributed by atoms with E-state index in [1.165, 1.54) is 0 Å². The molecule has 1 heterocycles. The molecule has 1 rings (SSSR count). The third-order valence-corrected chi connectivity index (χ3v) is 3.27. The molecule has 6 heteroatoms. The van der Waals surface area contributed by atoms with Crippen LogP contribution >= 0.6 is 11.6 Å². The number of hydrogen-bond acceptors (Lipinski definition) is 5. The summed E-state index contributed by atoms with van der Waals surface area (Å²) in [7, 11) is 0. The van der Waals surface area contributed by atoms with Gasteiger partial charge >= 0.3 is 0 Å². The molecule has 0 bridgehead atoms. The second-order valence-electron chi connectivity index (χ2n) is 5.36. The molecule has 1 aromatic rings. The Morgan fingerprint density at radius 3 is 2.43 bits per heavy atom. The van der Waals surface area contributed by atoms with Gasteiger partial charge < -0.3 is 9.47 Å². The highest BCUT2D eigenvalue weighted by molar-refractivity contribution is 6.29.